The van der Waals surface area contributed by atoms with E-state index in [1.54, 1.807) is 0 Å². The minimum atomic E-state index is 0.00636. The Morgan fingerprint density at radius 2 is 1.83 bits per heavy atom. The van der Waals surface area contributed by atoms with Gasteiger partial charge in [-0.15, -0.1) is 0 Å². The van der Waals surface area contributed by atoms with Crippen molar-refractivity contribution < 1.29 is 0 Å². The van der Waals surface area contributed by atoms with E-state index >= 15 is 0 Å². The molecule has 2 aromatic rings. The second kappa shape index (κ2) is 5.06. The second-order valence-corrected chi connectivity index (χ2v) is 6.20. The van der Waals surface area contributed by atoms with Crippen molar-refractivity contribution in [1.82, 2.24) is 9.36 Å². The topological polar surface area (TPSA) is 37.8 Å². The Morgan fingerprint density at radius 1 is 1.17 bits per heavy atom. The summed E-state index contributed by atoms with van der Waals surface area (Å²) in [7, 11) is 0. The van der Waals surface area contributed by atoms with Crippen LogP contribution < -0.4 is 5.32 Å². The summed E-state index contributed by atoms with van der Waals surface area (Å²) < 4.78 is 4.40. The summed E-state index contributed by atoms with van der Waals surface area (Å²) in [6.45, 7) is 8.51. The number of hydrogen-bond donors (Lipinski definition) is 1. The van der Waals surface area contributed by atoms with Crippen molar-refractivity contribution in [1.29, 1.82) is 0 Å². The molecule has 0 aliphatic carbocycles. The molecule has 0 unspecified atom stereocenters. The van der Waals surface area contributed by atoms with Crippen LogP contribution in [0.2, 0.25) is 0 Å². The Balaban J connectivity index is 2.08. The van der Waals surface area contributed by atoms with E-state index < -0.39 is 0 Å². The average molecular weight is 261 g/mol. The molecular weight excluding hydrogens is 242 g/mol. The zero-order valence-corrected chi connectivity index (χ0v) is 12.1. The quantitative estimate of drug-likeness (QED) is 0.907. The van der Waals surface area contributed by atoms with Gasteiger partial charge in [0.05, 0.1) is 6.04 Å². The van der Waals surface area contributed by atoms with Gasteiger partial charge in [-0.05, 0) is 12.5 Å². The fourth-order valence-electron chi connectivity index (χ4n) is 1.60. The van der Waals surface area contributed by atoms with Crippen LogP contribution in [0.25, 0.3) is 0 Å². The summed E-state index contributed by atoms with van der Waals surface area (Å²) in [5.74, 6) is 0.898. The highest BCUT2D eigenvalue weighted by Gasteiger charge is 2.20. The highest BCUT2D eigenvalue weighted by atomic mass is 32.1. The molecule has 0 aliphatic rings. The Kier molecular flexibility index (Phi) is 3.66. The van der Waals surface area contributed by atoms with Gasteiger partial charge in [-0.1, -0.05) is 51.1 Å². The maximum absolute atomic E-state index is 4.54. The number of nitrogens with one attached hydrogen (secondary N) is 1. The van der Waals surface area contributed by atoms with Crippen molar-refractivity contribution in [2.75, 3.05) is 5.32 Å². The molecule has 0 saturated heterocycles. The number of anilines is 1. The van der Waals surface area contributed by atoms with E-state index in [-0.39, 0.29) is 11.5 Å². The van der Waals surface area contributed by atoms with Crippen molar-refractivity contribution in [2.24, 2.45) is 0 Å². The molecule has 1 aromatic carbocycles. The predicted octanol–water partition coefficient (Wildman–Crippen LogP) is 4.01. The molecule has 0 saturated carbocycles. The average Bonchev–Trinajstić information content (AvgIpc) is 2.78. The van der Waals surface area contributed by atoms with E-state index in [1.165, 1.54) is 17.1 Å². The van der Waals surface area contributed by atoms with E-state index in [2.05, 4.69) is 54.5 Å². The van der Waals surface area contributed by atoms with Crippen LogP contribution in [0.1, 0.15) is 45.1 Å². The van der Waals surface area contributed by atoms with Crippen molar-refractivity contribution in [2.45, 2.75) is 39.2 Å². The van der Waals surface area contributed by atoms with Gasteiger partial charge in [-0.2, -0.15) is 4.37 Å². The van der Waals surface area contributed by atoms with Crippen LogP contribution in [0, 0.1) is 0 Å². The van der Waals surface area contributed by atoms with Gasteiger partial charge in [-0.3, -0.25) is 0 Å². The fourth-order valence-corrected chi connectivity index (χ4v) is 2.44. The first kappa shape index (κ1) is 13.0. The normalized spacial score (nSPS) is 13.3. The van der Waals surface area contributed by atoms with Crippen LogP contribution in [-0.2, 0) is 5.41 Å². The zero-order chi connectivity index (χ0) is 13.2. The largest absolute Gasteiger partial charge is 0.354 e. The molecule has 4 heteroatoms. The molecule has 1 atom stereocenters. The Labute approximate surface area is 112 Å². The predicted molar refractivity (Wildman–Crippen MR) is 77.1 cm³/mol. The number of rotatable bonds is 3. The van der Waals surface area contributed by atoms with Gasteiger partial charge >= 0.3 is 0 Å². The third kappa shape index (κ3) is 3.07. The standard InChI is InChI=1S/C14H19N3S/c1-10(11-8-6-5-7-9-11)15-13-16-12(17-18-13)14(2,3)4/h5-10H,1-4H3,(H,15,16,17)/t10-/m0/s1. The lowest BCUT2D eigenvalue weighted by Gasteiger charge is -2.14. The van der Waals surface area contributed by atoms with Gasteiger partial charge in [0.1, 0.15) is 5.82 Å². The number of aromatic nitrogens is 2. The summed E-state index contributed by atoms with van der Waals surface area (Å²) in [4.78, 5) is 4.54. The van der Waals surface area contributed by atoms with Crippen LogP contribution >= 0.6 is 11.5 Å². The monoisotopic (exact) mass is 261 g/mol. The van der Waals surface area contributed by atoms with Crippen molar-refractivity contribution >= 4 is 16.7 Å². The first-order chi connectivity index (χ1) is 8.47. The Bertz CT molecular complexity index is 499. The third-order valence-electron chi connectivity index (χ3n) is 2.74. The summed E-state index contributed by atoms with van der Waals surface area (Å²) in [6, 6.07) is 10.6. The van der Waals surface area contributed by atoms with E-state index in [1.807, 2.05) is 18.2 Å². The van der Waals surface area contributed by atoms with Gasteiger partial charge in [0.25, 0.3) is 0 Å². The smallest absolute Gasteiger partial charge is 0.203 e. The summed E-state index contributed by atoms with van der Waals surface area (Å²) in [5, 5.41) is 4.28. The maximum atomic E-state index is 4.54. The number of benzene rings is 1. The Hall–Kier alpha value is -1.42. The lowest BCUT2D eigenvalue weighted by Crippen LogP contribution is -2.13. The molecule has 0 bridgehead atoms. The fraction of sp³-hybridized carbons (Fsp3) is 0.429. The minimum Gasteiger partial charge on any atom is -0.354 e. The van der Waals surface area contributed by atoms with Gasteiger partial charge in [0.15, 0.2) is 0 Å². The molecule has 0 amide bonds. The summed E-state index contributed by atoms with van der Waals surface area (Å²) in [6.07, 6.45) is 0. The van der Waals surface area contributed by atoms with Gasteiger partial charge in [0, 0.05) is 16.9 Å². The van der Waals surface area contributed by atoms with E-state index in [0.29, 0.717) is 0 Å². The molecule has 96 valence electrons. The van der Waals surface area contributed by atoms with Crippen molar-refractivity contribution in [3.8, 4) is 0 Å². The molecule has 0 fully saturated rings. The molecule has 2 rings (SSSR count). The molecule has 1 heterocycles. The SMILES string of the molecule is C[C@H](Nc1nc(C(C)(C)C)ns1)c1ccccc1. The van der Waals surface area contributed by atoms with Crippen LogP contribution in [0.4, 0.5) is 5.13 Å². The van der Waals surface area contributed by atoms with Crippen LogP contribution in [0.3, 0.4) is 0 Å². The first-order valence-corrected chi connectivity index (χ1v) is 6.90. The molecule has 1 N–H and O–H groups in total. The van der Waals surface area contributed by atoms with Gasteiger partial charge < -0.3 is 5.32 Å². The molecule has 1 aromatic heterocycles. The van der Waals surface area contributed by atoms with Crippen molar-refractivity contribution in [3.05, 3.63) is 41.7 Å². The number of hydrogen-bond acceptors (Lipinski definition) is 4. The van der Waals surface area contributed by atoms with Crippen LogP contribution in [-0.4, -0.2) is 9.36 Å². The number of nitrogens with zero attached hydrogens (tertiary/aromatic N) is 2. The lowest BCUT2D eigenvalue weighted by molar-refractivity contribution is 0.555. The van der Waals surface area contributed by atoms with Crippen LogP contribution in [0.5, 0.6) is 0 Å². The molecular formula is C14H19N3S. The highest BCUT2D eigenvalue weighted by molar-refractivity contribution is 7.09. The van der Waals surface area contributed by atoms with E-state index in [0.717, 1.165) is 11.0 Å². The molecule has 18 heavy (non-hydrogen) atoms. The van der Waals surface area contributed by atoms with E-state index in [4.69, 9.17) is 0 Å². The highest BCUT2D eigenvalue weighted by Crippen LogP contribution is 2.25. The Morgan fingerprint density at radius 3 is 2.39 bits per heavy atom. The first-order valence-electron chi connectivity index (χ1n) is 6.12. The van der Waals surface area contributed by atoms with E-state index in [9.17, 15) is 0 Å². The zero-order valence-electron chi connectivity index (χ0n) is 11.3. The molecule has 0 aliphatic heterocycles. The van der Waals surface area contributed by atoms with Crippen molar-refractivity contribution in [3.63, 3.8) is 0 Å². The molecule has 3 nitrogen and oxygen atoms in total. The summed E-state index contributed by atoms with van der Waals surface area (Å²) >= 11 is 1.43. The minimum absolute atomic E-state index is 0.00636. The second-order valence-electron chi connectivity index (χ2n) is 5.45. The maximum Gasteiger partial charge on any atom is 0.203 e. The molecule has 0 radical (unpaired) electrons. The van der Waals surface area contributed by atoms with Gasteiger partial charge in [0.2, 0.25) is 5.13 Å². The molecule has 0 spiro atoms. The summed E-state index contributed by atoms with van der Waals surface area (Å²) in [5.41, 5.74) is 1.26. The third-order valence-corrected chi connectivity index (χ3v) is 3.38. The lowest BCUT2D eigenvalue weighted by atomic mass is 9.96. The van der Waals surface area contributed by atoms with Crippen LogP contribution in [0.15, 0.2) is 30.3 Å². The van der Waals surface area contributed by atoms with Gasteiger partial charge in [-0.25, -0.2) is 4.98 Å².